The predicted octanol–water partition coefficient (Wildman–Crippen LogP) is 9.93. The van der Waals surface area contributed by atoms with E-state index < -0.39 is 39.6 Å². The molecular weight excluding hydrogens is 534 g/mol. The van der Waals surface area contributed by atoms with Gasteiger partial charge in [-0.15, -0.1) is 0 Å². The zero-order chi connectivity index (χ0) is 30.6. The van der Waals surface area contributed by atoms with Crippen LogP contribution in [0.15, 0.2) is 29.3 Å². The summed E-state index contributed by atoms with van der Waals surface area (Å²) in [4.78, 5) is 0. The van der Waals surface area contributed by atoms with Gasteiger partial charge in [0.2, 0.25) is 0 Å². The van der Waals surface area contributed by atoms with Crippen molar-refractivity contribution in [3.05, 3.63) is 46.0 Å². The largest absolute Gasteiger partial charge is 0.507 e. The van der Waals surface area contributed by atoms with Gasteiger partial charge in [0.25, 0.3) is 0 Å². The smallest absolute Gasteiger partial charge is 0.370 e. The van der Waals surface area contributed by atoms with Crippen molar-refractivity contribution in [2.75, 3.05) is 0 Å². The Kier molecular flexibility index (Phi) is 12.5. The Morgan fingerprint density at radius 2 is 1.00 bits per heavy atom. The molecule has 9 heteroatoms. The molecule has 0 aromatic heterocycles. The molecule has 0 saturated heterocycles. The van der Waals surface area contributed by atoms with Gasteiger partial charge < -0.3 is 23.2 Å². The Labute approximate surface area is 237 Å². The second kappa shape index (κ2) is 13.6. The van der Waals surface area contributed by atoms with Gasteiger partial charge in [0, 0.05) is 11.1 Å². The molecule has 224 valence electrons. The maximum absolute atomic E-state index is 14.3. The van der Waals surface area contributed by atoms with E-state index >= 15 is 0 Å². The molecule has 0 aliphatic heterocycles. The van der Waals surface area contributed by atoms with Crippen LogP contribution in [0.2, 0.25) is 0 Å². The van der Waals surface area contributed by atoms with Crippen molar-refractivity contribution >= 4 is 21.3 Å². The maximum atomic E-state index is 14.3. The lowest BCUT2D eigenvalue weighted by Gasteiger charge is -2.30. The average Bonchev–Trinajstić information content (AvgIpc) is 2.67. The van der Waals surface area contributed by atoms with Gasteiger partial charge in [-0.1, -0.05) is 53.7 Å². The van der Waals surface area contributed by atoms with Gasteiger partial charge >= 0.3 is 15.2 Å². The van der Waals surface area contributed by atoms with Crippen molar-refractivity contribution < 1.29 is 32.3 Å². The average molecular weight is 587 g/mol. The number of rotatable bonds is 12. The first kappa shape index (κ1) is 35.8. The highest BCUT2D eigenvalue weighted by atomic mass is 31.2. The van der Waals surface area contributed by atoms with E-state index in [1.807, 2.05) is 59.8 Å². The van der Waals surface area contributed by atoms with Crippen LogP contribution in [0.5, 0.6) is 5.75 Å². The van der Waals surface area contributed by atoms with Crippen LogP contribution in [0.25, 0.3) is 6.08 Å². The van der Waals surface area contributed by atoms with Crippen molar-refractivity contribution in [3.63, 3.8) is 0 Å². The lowest BCUT2D eigenvalue weighted by atomic mass is 9.78. The van der Waals surface area contributed by atoms with Crippen molar-refractivity contribution in [2.24, 2.45) is 0 Å². The van der Waals surface area contributed by atoms with Gasteiger partial charge in [0.1, 0.15) is 5.75 Å². The van der Waals surface area contributed by atoms with Gasteiger partial charge in [-0.05, 0) is 90.0 Å². The van der Waals surface area contributed by atoms with E-state index in [1.54, 1.807) is 61.5 Å². The first-order valence-corrected chi connectivity index (χ1v) is 16.8. The van der Waals surface area contributed by atoms with E-state index in [1.165, 1.54) is 6.08 Å². The van der Waals surface area contributed by atoms with Crippen LogP contribution in [0.3, 0.4) is 0 Å². The van der Waals surface area contributed by atoms with Gasteiger partial charge in [0.15, 0.2) is 5.06 Å². The van der Waals surface area contributed by atoms with Crippen LogP contribution >= 0.6 is 15.2 Å². The molecule has 0 aliphatic carbocycles. The monoisotopic (exact) mass is 586 g/mol. The molecule has 0 aliphatic rings. The summed E-state index contributed by atoms with van der Waals surface area (Å²) >= 11 is 0. The first-order valence-electron chi connectivity index (χ1n) is 13.7. The molecule has 0 unspecified atom stereocenters. The second-order valence-electron chi connectivity index (χ2n) is 13.0. The summed E-state index contributed by atoms with van der Waals surface area (Å²) in [6.45, 7) is 26.2. The SMILES string of the molecule is CC(C)OP(=O)(OC(C)C)C(=CC=Cc1cc(C(C)(C)C)c(O)c(C(C)(C)C)c1)P(=O)(OC(C)C)OC(C)C. The summed E-state index contributed by atoms with van der Waals surface area (Å²) < 4.78 is 51.9. The molecule has 0 radical (unpaired) electrons. The molecule has 0 fully saturated rings. The van der Waals surface area contributed by atoms with Crippen LogP contribution in [0, 0.1) is 0 Å². The maximum Gasteiger partial charge on any atom is 0.370 e. The molecule has 39 heavy (non-hydrogen) atoms. The van der Waals surface area contributed by atoms with Gasteiger partial charge in [-0.25, -0.2) is 0 Å². The van der Waals surface area contributed by atoms with E-state index in [2.05, 4.69) is 0 Å². The zero-order valence-corrected chi connectivity index (χ0v) is 28.3. The van der Waals surface area contributed by atoms with Crippen molar-refractivity contribution in [1.82, 2.24) is 0 Å². The number of allylic oxidation sites excluding steroid dienone is 2. The number of phenols is 1. The fourth-order valence-electron chi connectivity index (χ4n) is 3.85. The Morgan fingerprint density at radius 1 is 0.692 bits per heavy atom. The number of benzene rings is 1. The highest BCUT2D eigenvalue weighted by Gasteiger charge is 2.47. The lowest BCUT2D eigenvalue weighted by molar-refractivity contribution is 0.137. The van der Waals surface area contributed by atoms with E-state index in [0.717, 1.165) is 16.7 Å². The number of hydrogen-bond acceptors (Lipinski definition) is 7. The normalized spacial score (nSPS) is 13.9. The summed E-state index contributed by atoms with van der Waals surface area (Å²) in [6, 6.07) is 3.86. The number of phenolic OH excluding ortho intramolecular Hbond substituents is 1. The summed E-state index contributed by atoms with van der Waals surface area (Å²) in [7, 11) is -8.24. The minimum Gasteiger partial charge on any atom is -0.507 e. The van der Waals surface area contributed by atoms with Crippen molar-refractivity contribution in [2.45, 2.75) is 132 Å². The molecule has 0 spiro atoms. The van der Waals surface area contributed by atoms with E-state index in [9.17, 15) is 14.2 Å². The minimum absolute atomic E-state index is 0.151. The third-order valence-electron chi connectivity index (χ3n) is 5.24. The fraction of sp³-hybridized carbons (Fsp3) is 0.667. The lowest BCUT2D eigenvalue weighted by Crippen LogP contribution is -2.17. The molecule has 1 rings (SSSR count). The molecule has 0 amide bonds. The molecule has 7 nitrogen and oxygen atoms in total. The summed E-state index contributed by atoms with van der Waals surface area (Å²) in [6.07, 6.45) is 3.03. The summed E-state index contributed by atoms with van der Waals surface area (Å²) in [5.74, 6) is 0.281. The van der Waals surface area contributed by atoms with Crippen LogP contribution in [-0.2, 0) is 38.1 Å². The summed E-state index contributed by atoms with van der Waals surface area (Å²) in [5, 5.41) is 10.9. The van der Waals surface area contributed by atoms with Crippen LogP contribution in [0.1, 0.15) is 114 Å². The van der Waals surface area contributed by atoms with Crippen molar-refractivity contribution in [1.29, 1.82) is 0 Å². The van der Waals surface area contributed by atoms with E-state index in [-0.39, 0.29) is 21.6 Å². The fourth-order valence-corrected chi connectivity index (χ4v) is 8.90. The van der Waals surface area contributed by atoms with Crippen molar-refractivity contribution in [3.8, 4) is 5.75 Å². The van der Waals surface area contributed by atoms with Gasteiger partial charge in [-0.2, -0.15) is 0 Å². The Hall–Kier alpha value is -1.20. The van der Waals surface area contributed by atoms with Gasteiger partial charge in [-0.3, -0.25) is 9.13 Å². The molecule has 0 heterocycles. The van der Waals surface area contributed by atoms with E-state index in [4.69, 9.17) is 18.1 Å². The quantitative estimate of drug-likeness (QED) is 0.192. The Balaban J connectivity index is 3.95. The topological polar surface area (TPSA) is 91.3 Å². The highest BCUT2D eigenvalue weighted by molar-refractivity contribution is 7.78. The predicted molar refractivity (Wildman–Crippen MR) is 163 cm³/mol. The third kappa shape index (κ3) is 10.6. The molecular formula is C30H52O7P2. The van der Waals surface area contributed by atoms with Crippen LogP contribution < -0.4 is 0 Å². The molecule has 0 bridgehead atoms. The molecule has 0 atom stereocenters. The minimum atomic E-state index is -4.12. The number of hydrogen-bond donors (Lipinski definition) is 1. The number of aromatic hydroxyl groups is 1. The molecule has 1 N–H and O–H groups in total. The van der Waals surface area contributed by atoms with Crippen LogP contribution in [-0.4, -0.2) is 29.5 Å². The molecule has 1 aromatic rings. The Morgan fingerprint density at radius 3 is 1.26 bits per heavy atom. The third-order valence-corrected chi connectivity index (χ3v) is 10.9. The first-order chi connectivity index (χ1) is 17.5. The summed E-state index contributed by atoms with van der Waals surface area (Å²) in [5.41, 5.74) is 1.85. The second-order valence-corrected chi connectivity index (χ2v) is 17.1. The molecule has 1 aromatic carbocycles. The zero-order valence-electron chi connectivity index (χ0n) is 26.5. The molecule has 0 saturated carbocycles. The van der Waals surface area contributed by atoms with Gasteiger partial charge in [0.05, 0.1) is 24.4 Å². The van der Waals surface area contributed by atoms with Crippen LogP contribution in [0.4, 0.5) is 0 Å². The Bertz CT molecular complexity index is 1010. The standard InChI is InChI=1S/C30H52O7P2/c1-20(2)34-38(32,35-21(3)4)27(39(33,36-22(5)6)37-23(7)8)17-15-16-24-18-25(29(9,10)11)28(31)26(19-24)30(12,13)14/h15-23,31H,1-14H3. The van der Waals surface area contributed by atoms with E-state index in [0.29, 0.717) is 0 Å². The highest BCUT2D eigenvalue weighted by Crippen LogP contribution is 2.75.